The summed E-state index contributed by atoms with van der Waals surface area (Å²) in [4.78, 5) is 19.4. The van der Waals surface area contributed by atoms with Crippen LogP contribution in [0.5, 0.6) is 5.75 Å². The summed E-state index contributed by atoms with van der Waals surface area (Å²) in [7, 11) is 0. The van der Waals surface area contributed by atoms with E-state index in [1.54, 1.807) is 36.0 Å². The molecule has 0 aromatic heterocycles. The second-order valence-electron chi connectivity index (χ2n) is 5.81. The van der Waals surface area contributed by atoms with Gasteiger partial charge in [0.15, 0.2) is 11.0 Å². The van der Waals surface area contributed by atoms with Crippen molar-refractivity contribution in [2.24, 2.45) is 4.99 Å². The fourth-order valence-electron chi connectivity index (χ4n) is 2.64. The zero-order valence-corrected chi connectivity index (χ0v) is 16.2. The minimum atomic E-state index is 0.0319. The van der Waals surface area contributed by atoms with Crippen molar-refractivity contribution in [3.8, 4) is 5.75 Å². The highest BCUT2D eigenvalue weighted by Crippen LogP contribution is 2.25. The lowest BCUT2D eigenvalue weighted by molar-refractivity contribution is 0.100. The molecule has 0 aliphatic carbocycles. The number of aliphatic imine (C=N–C) groups is 1. The predicted octanol–water partition coefficient (Wildman–Crippen LogP) is 4.92. The summed E-state index contributed by atoms with van der Waals surface area (Å²) in [5, 5.41) is 1.51. The van der Waals surface area contributed by atoms with Gasteiger partial charge in [0.1, 0.15) is 5.75 Å². The third kappa shape index (κ3) is 4.80. The molecule has 0 saturated carbocycles. The highest BCUT2D eigenvalue weighted by molar-refractivity contribution is 8.14. The van der Waals surface area contributed by atoms with E-state index in [0.717, 1.165) is 35.3 Å². The van der Waals surface area contributed by atoms with Crippen LogP contribution in [0.2, 0.25) is 5.02 Å². The van der Waals surface area contributed by atoms with Gasteiger partial charge in [-0.25, -0.2) is 0 Å². The van der Waals surface area contributed by atoms with E-state index in [-0.39, 0.29) is 12.3 Å². The van der Waals surface area contributed by atoms with Crippen LogP contribution >= 0.6 is 23.4 Å². The number of ether oxygens (including phenoxy) is 1. The van der Waals surface area contributed by atoms with Gasteiger partial charge in [0.25, 0.3) is 0 Å². The fourth-order valence-corrected chi connectivity index (χ4v) is 3.73. The molecular formula is C20H21ClN2O2S. The molecule has 26 heavy (non-hydrogen) atoms. The Labute approximate surface area is 163 Å². The number of nitrogens with zero attached hydrogens (tertiary/aromatic N) is 2. The quantitative estimate of drug-likeness (QED) is 0.658. The first kappa shape index (κ1) is 18.8. The number of halogens is 1. The highest BCUT2D eigenvalue weighted by Gasteiger charge is 2.20. The zero-order valence-electron chi connectivity index (χ0n) is 14.7. The standard InChI is InChI=1S/C20H21ClN2O2S/c1-2-25-18-10-8-17(9-11-18)23(20-22-12-3-13-26-20)14-19(24)15-4-6-16(21)7-5-15/h4-11H,2-3,12-14H2,1H3. The molecule has 0 N–H and O–H groups in total. The van der Waals surface area contributed by atoms with Crippen LogP contribution in [0.15, 0.2) is 53.5 Å². The van der Waals surface area contributed by atoms with Crippen LogP contribution < -0.4 is 9.64 Å². The number of Topliss-reactive ketones (excluding diaryl/α,β-unsaturated/α-hetero) is 1. The van der Waals surface area contributed by atoms with E-state index in [9.17, 15) is 4.79 Å². The molecule has 136 valence electrons. The fraction of sp³-hybridized carbons (Fsp3) is 0.300. The Morgan fingerprint density at radius 1 is 1.19 bits per heavy atom. The second kappa shape index (κ2) is 9.10. The SMILES string of the molecule is CCOc1ccc(N(CC(=O)c2ccc(Cl)cc2)C2=NCCCS2)cc1. The number of amidine groups is 1. The van der Waals surface area contributed by atoms with E-state index in [0.29, 0.717) is 17.2 Å². The van der Waals surface area contributed by atoms with Gasteiger partial charge in [0.2, 0.25) is 0 Å². The van der Waals surface area contributed by atoms with Crippen molar-refractivity contribution >= 4 is 40.0 Å². The average Bonchev–Trinajstić information content (AvgIpc) is 2.68. The summed E-state index contributed by atoms with van der Waals surface area (Å²) in [5.41, 5.74) is 1.58. The third-order valence-corrected chi connectivity index (χ3v) is 5.29. The van der Waals surface area contributed by atoms with Crippen molar-refractivity contribution in [1.29, 1.82) is 0 Å². The normalized spacial score (nSPS) is 13.8. The molecule has 0 fully saturated rings. The van der Waals surface area contributed by atoms with E-state index < -0.39 is 0 Å². The Bertz CT molecular complexity index is 775. The van der Waals surface area contributed by atoms with Crippen LogP contribution in [0.4, 0.5) is 5.69 Å². The summed E-state index contributed by atoms with van der Waals surface area (Å²) >= 11 is 7.62. The minimum Gasteiger partial charge on any atom is -0.494 e. The molecule has 0 amide bonds. The Balaban J connectivity index is 1.84. The number of thioether (sulfide) groups is 1. The Kier molecular flexibility index (Phi) is 6.58. The van der Waals surface area contributed by atoms with Gasteiger partial charge in [-0.05, 0) is 61.9 Å². The van der Waals surface area contributed by atoms with Gasteiger partial charge in [-0.2, -0.15) is 0 Å². The maximum absolute atomic E-state index is 12.8. The number of rotatable bonds is 6. The Hall–Kier alpha value is -1.98. The summed E-state index contributed by atoms with van der Waals surface area (Å²) < 4.78 is 5.51. The van der Waals surface area contributed by atoms with E-state index in [1.807, 2.05) is 36.1 Å². The summed E-state index contributed by atoms with van der Waals surface area (Å²) in [6, 6.07) is 14.8. The number of hydrogen-bond acceptors (Lipinski definition) is 5. The van der Waals surface area contributed by atoms with Crippen molar-refractivity contribution in [2.75, 3.05) is 30.3 Å². The molecule has 0 saturated heterocycles. The molecule has 2 aromatic carbocycles. The van der Waals surface area contributed by atoms with Crippen molar-refractivity contribution < 1.29 is 9.53 Å². The first-order valence-corrected chi connectivity index (χ1v) is 10.00. The first-order chi connectivity index (χ1) is 12.7. The molecule has 3 rings (SSSR count). The summed E-state index contributed by atoms with van der Waals surface area (Å²) in [6.45, 7) is 3.62. The van der Waals surface area contributed by atoms with E-state index in [2.05, 4.69) is 4.99 Å². The summed E-state index contributed by atoms with van der Waals surface area (Å²) in [5.74, 6) is 1.87. The number of hydrogen-bond donors (Lipinski definition) is 0. The number of carbonyl (C=O) groups excluding carboxylic acids is 1. The molecule has 2 aromatic rings. The van der Waals surface area contributed by atoms with Gasteiger partial charge in [-0.3, -0.25) is 9.79 Å². The van der Waals surface area contributed by atoms with Crippen LogP contribution in [0.1, 0.15) is 23.7 Å². The molecule has 1 aliphatic rings. The number of ketones is 1. The lowest BCUT2D eigenvalue weighted by atomic mass is 10.1. The van der Waals surface area contributed by atoms with Crippen LogP contribution in [0.25, 0.3) is 0 Å². The van der Waals surface area contributed by atoms with Gasteiger partial charge in [0, 0.05) is 28.6 Å². The maximum Gasteiger partial charge on any atom is 0.182 e. The second-order valence-corrected chi connectivity index (χ2v) is 7.31. The van der Waals surface area contributed by atoms with Gasteiger partial charge < -0.3 is 9.64 Å². The summed E-state index contributed by atoms with van der Waals surface area (Å²) in [6.07, 6.45) is 1.07. The lowest BCUT2D eigenvalue weighted by Crippen LogP contribution is -2.35. The Morgan fingerprint density at radius 2 is 1.92 bits per heavy atom. The molecular weight excluding hydrogens is 368 g/mol. The van der Waals surface area contributed by atoms with Gasteiger partial charge >= 0.3 is 0 Å². The van der Waals surface area contributed by atoms with Gasteiger partial charge in [-0.15, -0.1) is 0 Å². The molecule has 0 bridgehead atoms. The van der Waals surface area contributed by atoms with Crippen LogP contribution in [0, 0.1) is 0 Å². The molecule has 0 radical (unpaired) electrons. The maximum atomic E-state index is 12.8. The number of anilines is 1. The van der Waals surface area contributed by atoms with E-state index in [1.165, 1.54) is 0 Å². The van der Waals surface area contributed by atoms with Crippen molar-refractivity contribution in [3.63, 3.8) is 0 Å². The Morgan fingerprint density at radius 3 is 2.54 bits per heavy atom. The number of carbonyl (C=O) groups is 1. The van der Waals surface area contributed by atoms with Crippen LogP contribution in [-0.2, 0) is 0 Å². The smallest absolute Gasteiger partial charge is 0.182 e. The van der Waals surface area contributed by atoms with E-state index >= 15 is 0 Å². The van der Waals surface area contributed by atoms with Crippen LogP contribution in [-0.4, -0.2) is 36.4 Å². The number of benzene rings is 2. The minimum absolute atomic E-state index is 0.0319. The predicted molar refractivity (Wildman–Crippen MR) is 110 cm³/mol. The molecule has 1 heterocycles. The lowest BCUT2D eigenvalue weighted by Gasteiger charge is -2.27. The molecule has 6 heteroatoms. The largest absolute Gasteiger partial charge is 0.494 e. The third-order valence-electron chi connectivity index (χ3n) is 3.94. The first-order valence-electron chi connectivity index (χ1n) is 8.64. The van der Waals surface area contributed by atoms with E-state index in [4.69, 9.17) is 16.3 Å². The van der Waals surface area contributed by atoms with Crippen molar-refractivity contribution in [2.45, 2.75) is 13.3 Å². The molecule has 0 atom stereocenters. The molecule has 0 unspecified atom stereocenters. The van der Waals surface area contributed by atoms with Crippen molar-refractivity contribution in [3.05, 3.63) is 59.1 Å². The molecule has 4 nitrogen and oxygen atoms in total. The van der Waals surface area contributed by atoms with Gasteiger partial charge in [0.05, 0.1) is 13.2 Å². The van der Waals surface area contributed by atoms with Crippen molar-refractivity contribution in [1.82, 2.24) is 0 Å². The van der Waals surface area contributed by atoms with Gasteiger partial charge in [-0.1, -0.05) is 23.4 Å². The zero-order chi connectivity index (χ0) is 18.4. The molecule has 0 spiro atoms. The average molecular weight is 389 g/mol. The topological polar surface area (TPSA) is 41.9 Å². The highest BCUT2D eigenvalue weighted by atomic mass is 35.5. The molecule has 1 aliphatic heterocycles. The monoisotopic (exact) mass is 388 g/mol. The van der Waals surface area contributed by atoms with Crippen LogP contribution in [0.3, 0.4) is 0 Å².